The van der Waals surface area contributed by atoms with Crippen molar-refractivity contribution in [3.05, 3.63) is 29.8 Å². The van der Waals surface area contributed by atoms with Crippen molar-refractivity contribution in [2.75, 3.05) is 18.8 Å². The smallest absolute Gasteiger partial charge is 0.233 e. The molecule has 3 heteroatoms. The molecule has 1 amide bonds. The molecule has 0 radical (unpaired) electrons. The molecule has 0 atom stereocenters. The standard InChI is InChI=1S/C18H24N2O/c19-16-7-5-15(6-8-16)18(9-10-18)17(21)20(11-13-1-2-13)12-14-3-4-14/h5-8,13-14H,1-4,9-12,19H2. The van der Waals surface area contributed by atoms with E-state index in [1.807, 2.05) is 24.3 Å². The van der Waals surface area contributed by atoms with Gasteiger partial charge in [0.05, 0.1) is 5.41 Å². The number of carbonyl (C=O) groups is 1. The van der Waals surface area contributed by atoms with Crippen molar-refractivity contribution >= 4 is 11.6 Å². The third-order valence-corrected chi connectivity index (χ3v) is 5.26. The molecule has 3 aliphatic carbocycles. The molecule has 1 aromatic carbocycles. The summed E-state index contributed by atoms with van der Waals surface area (Å²) in [5.41, 5.74) is 7.49. The normalized spacial score (nSPS) is 22.9. The lowest BCUT2D eigenvalue weighted by Gasteiger charge is -2.28. The Labute approximate surface area is 126 Å². The molecule has 1 aromatic rings. The van der Waals surface area contributed by atoms with Crippen LogP contribution in [0.15, 0.2) is 24.3 Å². The topological polar surface area (TPSA) is 46.3 Å². The molecule has 4 rings (SSSR count). The van der Waals surface area contributed by atoms with E-state index in [1.165, 1.54) is 31.2 Å². The lowest BCUT2D eigenvalue weighted by Crippen LogP contribution is -2.41. The van der Waals surface area contributed by atoms with Crippen LogP contribution in [0.1, 0.15) is 44.1 Å². The number of nitrogens with two attached hydrogens (primary N) is 1. The van der Waals surface area contributed by atoms with Crippen LogP contribution in [-0.2, 0) is 10.2 Å². The second-order valence-electron chi connectivity index (χ2n) is 7.30. The van der Waals surface area contributed by atoms with E-state index in [0.29, 0.717) is 5.91 Å². The van der Waals surface area contributed by atoms with E-state index in [9.17, 15) is 4.79 Å². The van der Waals surface area contributed by atoms with Crippen LogP contribution in [0.3, 0.4) is 0 Å². The maximum Gasteiger partial charge on any atom is 0.233 e. The molecule has 3 fully saturated rings. The third-order valence-electron chi connectivity index (χ3n) is 5.26. The van der Waals surface area contributed by atoms with Gasteiger partial charge in [0.25, 0.3) is 0 Å². The maximum absolute atomic E-state index is 13.1. The molecule has 3 saturated carbocycles. The van der Waals surface area contributed by atoms with Crippen LogP contribution >= 0.6 is 0 Å². The van der Waals surface area contributed by atoms with E-state index in [4.69, 9.17) is 5.73 Å². The van der Waals surface area contributed by atoms with Gasteiger partial charge in [-0.05, 0) is 68.1 Å². The first-order valence-electron chi connectivity index (χ1n) is 8.33. The Kier molecular flexibility index (Phi) is 2.98. The first-order valence-corrected chi connectivity index (χ1v) is 8.33. The summed E-state index contributed by atoms with van der Waals surface area (Å²) in [6.07, 6.45) is 7.24. The minimum Gasteiger partial charge on any atom is -0.399 e. The summed E-state index contributed by atoms with van der Waals surface area (Å²) in [6.45, 7) is 1.98. The fourth-order valence-corrected chi connectivity index (χ4v) is 3.32. The fourth-order valence-electron chi connectivity index (χ4n) is 3.32. The lowest BCUT2D eigenvalue weighted by atomic mass is 9.93. The Morgan fingerprint density at radius 3 is 2.00 bits per heavy atom. The van der Waals surface area contributed by atoms with Gasteiger partial charge in [-0.1, -0.05) is 12.1 Å². The van der Waals surface area contributed by atoms with E-state index in [1.54, 1.807) is 0 Å². The van der Waals surface area contributed by atoms with Crippen LogP contribution in [-0.4, -0.2) is 23.9 Å². The molecule has 3 nitrogen and oxygen atoms in total. The van der Waals surface area contributed by atoms with E-state index in [2.05, 4.69) is 4.90 Å². The van der Waals surface area contributed by atoms with Crippen LogP contribution < -0.4 is 5.73 Å². The number of amides is 1. The molecule has 0 heterocycles. The lowest BCUT2D eigenvalue weighted by molar-refractivity contribution is -0.134. The molecule has 0 bridgehead atoms. The van der Waals surface area contributed by atoms with Crippen LogP contribution in [0.4, 0.5) is 5.69 Å². The van der Waals surface area contributed by atoms with Gasteiger partial charge in [-0.3, -0.25) is 4.79 Å². The summed E-state index contributed by atoms with van der Waals surface area (Å²) in [5, 5.41) is 0. The van der Waals surface area contributed by atoms with Crippen LogP contribution in [0.5, 0.6) is 0 Å². The quantitative estimate of drug-likeness (QED) is 0.816. The zero-order chi connectivity index (χ0) is 14.4. The molecule has 21 heavy (non-hydrogen) atoms. The predicted octanol–water partition coefficient (Wildman–Crippen LogP) is 2.95. The van der Waals surface area contributed by atoms with Gasteiger partial charge in [-0.2, -0.15) is 0 Å². The molecule has 112 valence electrons. The van der Waals surface area contributed by atoms with Gasteiger partial charge in [0.2, 0.25) is 5.91 Å². The molecule has 0 aliphatic heterocycles. The van der Waals surface area contributed by atoms with Gasteiger partial charge in [0, 0.05) is 18.8 Å². The Hall–Kier alpha value is -1.51. The summed E-state index contributed by atoms with van der Waals surface area (Å²) in [6, 6.07) is 7.95. The van der Waals surface area contributed by atoms with Crippen molar-refractivity contribution in [3.63, 3.8) is 0 Å². The SMILES string of the molecule is Nc1ccc(C2(C(=O)N(CC3CC3)CC3CC3)CC2)cc1. The Bertz CT molecular complexity index is 525. The average Bonchev–Trinajstić information content (AvgIpc) is 3.35. The molecular formula is C18H24N2O. The summed E-state index contributed by atoms with van der Waals surface area (Å²) < 4.78 is 0. The largest absolute Gasteiger partial charge is 0.399 e. The maximum atomic E-state index is 13.1. The predicted molar refractivity (Wildman–Crippen MR) is 83.8 cm³/mol. The second-order valence-corrected chi connectivity index (χ2v) is 7.30. The first kappa shape index (κ1) is 13.2. The number of hydrogen-bond acceptors (Lipinski definition) is 2. The summed E-state index contributed by atoms with van der Waals surface area (Å²) >= 11 is 0. The number of rotatable bonds is 6. The number of hydrogen-bond donors (Lipinski definition) is 1. The minimum atomic E-state index is -0.225. The van der Waals surface area contributed by atoms with Gasteiger partial charge in [0.1, 0.15) is 0 Å². The highest BCUT2D eigenvalue weighted by molar-refractivity contribution is 5.91. The second kappa shape index (κ2) is 4.75. The van der Waals surface area contributed by atoms with E-state index in [0.717, 1.165) is 43.5 Å². The Morgan fingerprint density at radius 1 is 1.05 bits per heavy atom. The van der Waals surface area contributed by atoms with Crippen LogP contribution in [0.25, 0.3) is 0 Å². The van der Waals surface area contributed by atoms with Gasteiger partial charge in [-0.15, -0.1) is 0 Å². The van der Waals surface area contributed by atoms with Crippen molar-refractivity contribution in [1.29, 1.82) is 0 Å². The first-order chi connectivity index (χ1) is 10.2. The summed E-state index contributed by atoms with van der Waals surface area (Å²) in [5.74, 6) is 1.93. The molecule has 2 N–H and O–H groups in total. The Morgan fingerprint density at radius 2 is 1.57 bits per heavy atom. The van der Waals surface area contributed by atoms with Crippen molar-refractivity contribution in [3.8, 4) is 0 Å². The van der Waals surface area contributed by atoms with Gasteiger partial charge in [-0.25, -0.2) is 0 Å². The van der Waals surface area contributed by atoms with Gasteiger partial charge in [0.15, 0.2) is 0 Å². The highest BCUT2D eigenvalue weighted by atomic mass is 16.2. The van der Waals surface area contributed by atoms with Crippen molar-refractivity contribution in [1.82, 2.24) is 4.90 Å². The summed E-state index contributed by atoms with van der Waals surface area (Å²) in [7, 11) is 0. The van der Waals surface area contributed by atoms with E-state index in [-0.39, 0.29) is 5.41 Å². The number of nitrogen functional groups attached to an aromatic ring is 1. The highest BCUT2D eigenvalue weighted by Crippen LogP contribution is 2.50. The number of carbonyl (C=O) groups excluding carboxylic acids is 1. The van der Waals surface area contributed by atoms with E-state index >= 15 is 0 Å². The zero-order valence-electron chi connectivity index (χ0n) is 12.6. The van der Waals surface area contributed by atoms with Gasteiger partial charge >= 0.3 is 0 Å². The van der Waals surface area contributed by atoms with E-state index < -0.39 is 0 Å². The molecule has 0 saturated heterocycles. The minimum absolute atomic E-state index is 0.225. The monoisotopic (exact) mass is 284 g/mol. The zero-order valence-corrected chi connectivity index (χ0v) is 12.6. The molecular weight excluding hydrogens is 260 g/mol. The van der Waals surface area contributed by atoms with Crippen molar-refractivity contribution in [2.45, 2.75) is 43.9 Å². The van der Waals surface area contributed by atoms with Gasteiger partial charge < -0.3 is 10.6 Å². The van der Waals surface area contributed by atoms with Crippen molar-refractivity contribution in [2.24, 2.45) is 11.8 Å². The summed E-state index contributed by atoms with van der Waals surface area (Å²) in [4.78, 5) is 15.3. The number of anilines is 1. The third kappa shape index (κ3) is 2.66. The molecule has 0 unspecified atom stereocenters. The average molecular weight is 284 g/mol. The fraction of sp³-hybridized carbons (Fsp3) is 0.611. The number of nitrogens with zero attached hydrogens (tertiary/aromatic N) is 1. The molecule has 0 spiro atoms. The number of benzene rings is 1. The Balaban J connectivity index is 1.54. The molecule has 0 aromatic heterocycles. The highest BCUT2D eigenvalue weighted by Gasteiger charge is 2.53. The molecule has 3 aliphatic rings. The van der Waals surface area contributed by atoms with Crippen LogP contribution in [0.2, 0.25) is 0 Å². The van der Waals surface area contributed by atoms with Crippen LogP contribution in [0, 0.1) is 11.8 Å². The van der Waals surface area contributed by atoms with Crippen molar-refractivity contribution < 1.29 is 4.79 Å².